The van der Waals surface area contributed by atoms with Crippen molar-refractivity contribution in [3.8, 4) is 34.6 Å². The summed E-state index contributed by atoms with van der Waals surface area (Å²) < 4.78 is 17.9. The molecule has 0 aliphatic rings. The van der Waals surface area contributed by atoms with Gasteiger partial charge in [0.1, 0.15) is 11.5 Å². The van der Waals surface area contributed by atoms with Crippen LogP contribution in [0.4, 0.5) is 0 Å². The minimum absolute atomic E-state index is 0.00423. The summed E-state index contributed by atoms with van der Waals surface area (Å²) in [5.41, 5.74) is 1.79. The zero-order valence-electron chi connectivity index (χ0n) is 14.8. The number of nitrogens with zero attached hydrogens (tertiary/aromatic N) is 3. The molecule has 0 saturated carbocycles. The van der Waals surface area contributed by atoms with E-state index < -0.39 is 0 Å². The average Bonchev–Trinajstić information content (AvgIpc) is 3.05. The Morgan fingerprint density at radius 3 is 1.92 bits per heavy atom. The zero-order chi connectivity index (χ0) is 17.8. The molecule has 0 amide bonds. The van der Waals surface area contributed by atoms with Crippen molar-refractivity contribution in [2.45, 2.75) is 20.0 Å². The van der Waals surface area contributed by atoms with Gasteiger partial charge >= 0.3 is 6.01 Å². The van der Waals surface area contributed by atoms with Crippen molar-refractivity contribution in [1.82, 2.24) is 14.8 Å². The molecule has 0 atom stereocenters. The van der Waals surface area contributed by atoms with Crippen LogP contribution in [0.25, 0.3) is 17.1 Å². The van der Waals surface area contributed by atoms with Gasteiger partial charge in [-0.05, 0) is 62.4 Å². The van der Waals surface area contributed by atoms with Crippen LogP contribution < -0.4 is 14.2 Å². The van der Waals surface area contributed by atoms with E-state index in [1.54, 1.807) is 18.9 Å². The minimum Gasteiger partial charge on any atom is -0.497 e. The van der Waals surface area contributed by atoms with Gasteiger partial charge in [0.25, 0.3) is 0 Å². The van der Waals surface area contributed by atoms with E-state index in [2.05, 4.69) is 10.1 Å². The summed E-state index contributed by atoms with van der Waals surface area (Å²) in [6, 6.07) is 15.7. The van der Waals surface area contributed by atoms with Crippen molar-refractivity contribution < 1.29 is 14.2 Å². The van der Waals surface area contributed by atoms with Gasteiger partial charge in [-0.3, -0.25) is 0 Å². The molecular formula is C19H21N3O3. The zero-order valence-corrected chi connectivity index (χ0v) is 14.8. The van der Waals surface area contributed by atoms with Gasteiger partial charge < -0.3 is 14.2 Å². The second-order valence-corrected chi connectivity index (χ2v) is 5.72. The Kier molecular flexibility index (Phi) is 4.88. The molecule has 0 fully saturated rings. The van der Waals surface area contributed by atoms with E-state index in [9.17, 15) is 0 Å². The molecule has 0 spiro atoms. The van der Waals surface area contributed by atoms with Gasteiger partial charge in [0, 0.05) is 5.56 Å². The van der Waals surface area contributed by atoms with Crippen LogP contribution in [-0.2, 0) is 0 Å². The predicted molar refractivity (Wildman–Crippen MR) is 95.7 cm³/mol. The van der Waals surface area contributed by atoms with Gasteiger partial charge in [-0.15, -0.1) is 5.10 Å². The minimum atomic E-state index is -0.00423. The molecule has 1 heterocycles. The predicted octanol–water partition coefficient (Wildman–Crippen LogP) is 3.74. The van der Waals surface area contributed by atoms with Gasteiger partial charge in [-0.1, -0.05) is 0 Å². The molecule has 25 heavy (non-hydrogen) atoms. The van der Waals surface area contributed by atoms with Crippen LogP contribution in [0.5, 0.6) is 17.5 Å². The van der Waals surface area contributed by atoms with Crippen LogP contribution in [0.3, 0.4) is 0 Å². The van der Waals surface area contributed by atoms with E-state index in [0.29, 0.717) is 11.8 Å². The molecule has 0 bridgehead atoms. The van der Waals surface area contributed by atoms with E-state index in [4.69, 9.17) is 14.2 Å². The van der Waals surface area contributed by atoms with Gasteiger partial charge in [0.05, 0.1) is 26.0 Å². The van der Waals surface area contributed by atoms with Gasteiger partial charge in [0.15, 0.2) is 5.82 Å². The molecule has 0 saturated heterocycles. The normalized spacial score (nSPS) is 10.8. The van der Waals surface area contributed by atoms with Crippen molar-refractivity contribution in [1.29, 1.82) is 0 Å². The van der Waals surface area contributed by atoms with Crippen molar-refractivity contribution in [2.75, 3.05) is 14.2 Å². The number of aromatic nitrogens is 3. The van der Waals surface area contributed by atoms with Gasteiger partial charge in [0.2, 0.25) is 0 Å². The summed E-state index contributed by atoms with van der Waals surface area (Å²) >= 11 is 0. The van der Waals surface area contributed by atoms with Crippen molar-refractivity contribution in [2.24, 2.45) is 0 Å². The first-order chi connectivity index (χ1) is 12.1. The lowest BCUT2D eigenvalue weighted by Gasteiger charge is -2.07. The molecule has 6 nitrogen and oxygen atoms in total. The van der Waals surface area contributed by atoms with Crippen LogP contribution in [-0.4, -0.2) is 35.1 Å². The maximum atomic E-state index is 5.68. The molecule has 3 rings (SSSR count). The Morgan fingerprint density at radius 1 is 0.840 bits per heavy atom. The van der Waals surface area contributed by atoms with Crippen molar-refractivity contribution in [3.63, 3.8) is 0 Å². The van der Waals surface area contributed by atoms with E-state index in [-0.39, 0.29) is 6.10 Å². The lowest BCUT2D eigenvalue weighted by atomic mass is 10.2. The first-order valence-corrected chi connectivity index (χ1v) is 8.03. The van der Waals surface area contributed by atoms with Gasteiger partial charge in [-0.2, -0.15) is 4.98 Å². The fourth-order valence-corrected chi connectivity index (χ4v) is 2.38. The molecular weight excluding hydrogens is 318 g/mol. The molecule has 3 aromatic rings. The number of hydrogen-bond donors (Lipinski definition) is 0. The molecule has 130 valence electrons. The third-order valence-corrected chi connectivity index (χ3v) is 3.59. The molecule has 0 N–H and O–H groups in total. The highest BCUT2D eigenvalue weighted by atomic mass is 16.5. The number of hydrogen-bond acceptors (Lipinski definition) is 5. The number of ether oxygens (including phenoxy) is 3. The van der Waals surface area contributed by atoms with Crippen LogP contribution in [0, 0.1) is 0 Å². The fraction of sp³-hybridized carbons (Fsp3) is 0.263. The number of benzene rings is 2. The lowest BCUT2D eigenvalue weighted by molar-refractivity contribution is 0.222. The smallest absolute Gasteiger partial charge is 0.336 e. The highest BCUT2D eigenvalue weighted by Crippen LogP contribution is 2.26. The molecule has 0 unspecified atom stereocenters. The fourth-order valence-electron chi connectivity index (χ4n) is 2.38. The van der Waals surface area contributed by atoms with Crippen LogP contribution >= 0.6 is 0 Å². The Balaban J connectivity index is 2.05. The first-order valence-electron chi connectivity index (χ1n) is 8.03. The van der Waals surface area contributed by atoms with E-state index in [0.717, 1.165) is 22.7 Å². The Labute approximate surface area is 147 Å². The first kappa shape index (κ1) is 16.8. The second kappa shape index (κ2) is 7.25. The summed E-state index contributed by atoms with van der Waals surface area (Å²) in [5.74, 6) is 2.27. The molecule has 0 radical (unpaired) electrons. The largest absolute Gasteiger partial charge is 0.497 e. The standard InChI is InChI=1S/C19H21N3O3/c1-13(2)25-19-20-18(14-5-9-16(23-3)10-6-14)22(21-19)15-7-11-17(24-4)12-8-15/h5-13H,1-4H3. The number of rotatable bonds is 6. The van der Waals surface area contributed by atoms with Crippen molar-refractivity contribution >= 4 is 0 Å². The Hall–Kier alpha value is -3.02. The number of methoxy groups -OCH3 is 2. The average molecular weight is 339 g/mol. The molecule has 0 aliphatic heterocycles. The van der Waals surface area contributed by atoms with Crippen molar-refractivity contribution in [3.05, 3.63) is 48.5 Å². The van der Waals surface area contributed by atoms with E-state index in [1.165, 1.54) is 0 Å². The third-order valence-electron chi connectivity index (χ3n) is 3.59. The lowest BCUT2D eigenvalue weighted by Crippen LogP contribution is -2.07. The Bertz CT molecular complexity index is 759. The maximum Gasteiger partial charge on any atom is 0.336 e. The summed E-state index contributed by atoms with van der Waals surface area (Å²) in [4.78, 5) is 4.55. The SMILES string of the molecule is COc1ccc(-c2nc(OC(C)C)nn2-c2ccc(OC)cc2)cc1. The highest BCUT2D eigenvalue weighted by molar-refractivity contribution is 5.59. The third kappa shape index (κ3) is 3.74. The topological polar surface area (TPSA) is 58.4 Å². The summed E-state index contributed by atoms with van der Waals surface area (Å²) in [7, 11) is 3.28. The monoisotopic (exact) mass is 339 g/mol. The quantitative estimate of drug-likeness (QED) is 0.685. The van der Waals surface area contributed by atoms with E-state index in [1.807, 2.05) is 62.4 Å². The second-order valence-electron chi connectivity index (χ2n) is 5.72. The molecule has 2 aromatic carbocycles. The van der Waals surface area contributed by atoms with Crippen LogP contribution in [0.1, 0.15) is 13.8 Å². The summed E-state index contributed by atoms with van der Waals surface area (Å²) in [6.45, 7) is 3.89. The summed E-state index contributed by atoms with van der Waals surface area (Å²) in [6.07, 6.45) is -0.00423. The highest BCUT2D eigenvalue weighted by Gasteiger charge is 2.15. The molecule has 1 aromatic heterocycles. The maximum absolute atomic E-state index is 5.68. The summed E-state index contributed by atoms with van der Waals surface area (Å²) in [5, 5.41) is 4.51. The van der Waals surface area contributed by atoms with Crippen LogP contribution in [0.15, 0.2) is 48.5 Å². The van der Waals surface area contributed by atoms with E-state index >= 15 is 0 Å². The molecule has 0 aliphatic carbocycles. The van der Waals surface area contributed by atoms with Gasteiger partial charge in [-0.25, -0.2) is 4.68 Å². The van der Waals surface area contributed by atoms with Crippen LogP contribution in [0.2, 0.25) is 0 Å². The Morgan fingerprint density at radius 2 is 1.40 bits per heavy atom. The molecule has 6 heteroatoms.